The lowest BCUT2D eigenvalue weighted by Crippen LogP contribution is -2.22. The largest absolute Gasteiger partial charge is 0.376 e. The highest BCUT2D eigenvalue weighted by Crippen LogP contribution is 2.26. The van der Waals surface area contributed by atoms with Gasteiger partial charge in [-0.2, -0.15) is 0 Å². The molecular formula is C29H31N3O3S. The van der Waals surface area contributed by atoms with Gasteiger partial charge in [0.05, 0.1) is 28.4 Å². The average Bonchev–Trinajstić information content (AvgIpc) is 3.46. The molecular weight excluding hydrogens is 470 g/mol. The van der Waals surface area contributed by atoms with E-state index in [2.05, 4.69) is 10.6 Å². The van der Waals surface area contributed by atoms with Crippen molar-refractivity contribution < 1.29 is 9.53 Å². The van der Waals surface area contributed by atoms with Crippen LogP contribution in [-0.4, -0.2) is 38.4 Å². The summed E-state index contributed by atoms with van der Waals surface area (Å²) in [5, 5.41) is 1.08. The number of ketones is 1. The van der Waals surface area contributed by atoms with Crippen molar-refractivity contribution in [1.29, 1.82) is 0 Å². The van der Waals surface area contributed by atoms with Crippen molar-refractivity contribution in [2.24, 2.45) is 0 Å². The van der Waals surface area contributed by atoms with Gasteiger partial charge in [-0.05, 0) is 82.0 Å². The molecule has 6 nitrogen and oxygen atoms in total. The summed E-state index contributed by atoms with van der Waals surface area (Å²) in [6.07, 6.45) is 2.36. The van der Waals surface area contributed by atoms with E-state index < -0.39 is 0 Å². The Balaban J connectivity index is 1.47. The number of Topliss-reactive ketones (excluding diaryl/α,β-unsaturated/α-hetero) is 1. The standard InChI is InChI=1S/C29H31N3O3S/c1-18-12-19(2)14-22(13-18)32-28(34)24-9-5-6-10-26(24)30-29(32)36-17-27(33)25-15-20(3)31(21(25)4)16-23-8-7-11-35-23/h5-6,9-10,12-15,23H,7-8,11,16-17H2,1-4H3/t23-/m1/s1. The number of nitrogens with zero attached hydrogens (tertiary/aromatic N) is 3. The molecule has 1 atom stereocenters. The summed E-state index contributed by atoms with van der Waals surface area (Å²) >= 11 is 1.31. The van der Waals surface area contributed by atoms with Crippen molar-refractivity contribution in [3.05, 3.63) is 87.0 Å². The van der Waals surface area contributed by atoms with Crippen LogP contribution >= 0.6 is 11.8 Å². The monoisotopic (exact) mass is 501 g/mol. The summed E-state index contributed by atoms with van der Waals surface area (Å²) in [6.45, 7) is 9.65. The van der Waals surface area contributed by atoms with E-state index in [1.165, 1.54) is 11.8 Å². The second-order valence-corrected chi connectivity index (χ2v) is 10.6. The summed E-state index contributed by atoms with van der Waals surface area (Å²) in [7, 11) is 0. The molecule has 0 spiro atoms. The average molecular weight is 502 g/mol. The van der Waals surface area contributed by atoms with E-state index in [1.54, 1.807) is 10.6 Å². The van der Waals surface area contributed by atoms with Gasteiger partial charge in [-0.25, -0.2) is 4.98 Å². The second kappa shape index (κ2) is 10.1. The van der Waals surface area contributed by atoms with Crippen molar-refractivity contribution in [3.63, 3.8) is 0 Å². The molecule has 1 aliphatic rings. The van der Waals surface area contributed by atoms with Crippen LogP contribution in [-0.2, 0) is 11.3 Å². The minimum atomic E-state index is -0.129. The Kier molecular flexibility index (Phi) is 6.86. The van der Waals surface area contributed by atoms with Crippen molar-refractivity contribution >= 4 is 28.4 Å². The van der Waals surface area contributed by atoms with E-state index in [1.807, 2.05) is 64.1 Å². The van der Waals surface area contributed by atoms with Crippen LogP contribution in [0, 0.1) is 27.7 Å². The van der Waals surface area contributed by atoms with Gasteiger partial charge in [-0.1, -0.05) is 30.0 Å². The zero-order chi connectivity index (χ0) is 25.4. The maximum atomic E-state index is 13.6. The fraction of sp³-hybridized carbons (Fsp3) is 0.345. The number of ether oxygens (including phenoxy) is 1. The Hall–Kier alpha value is -3.16. The number of hydrogen-bond donors (Lipinski definition) is 0. The van der Waals surface area contributed by atoms with Gasteiger partial charge in [0, 0.05) is 30.1 Å². The van der Waals surface area contributed by atoms with Crippen LogP contribution in [0.5, 0.6) is 0 Å². The number of carbonyl (C=O) groups excluding carboxylic acids is 1. The lowest BCUT2D eigenvalue weighted by atomic mass is 10.1. The van der Waals surface area contributed by atoms with Crippen LogP contribution in [0.2, 0.25) is 0 Å². The molecule has 1 aliphatic heterocycles. The third-order valence-electron chi connectivity index (χ3n) is 6.83. The minimum absolute atomic E-state index is 0.0288. The first kappa shape index (κ1) is 24.5. The Morgan fingerprint density at radius 1 is 1.08 bits per heavy atom. The van der Waals surface area contributed by atoms with Crippen LogP contribution in [0.15, 0.2) is 58.5 Å². The number of aromatic nitrogens is 3. The Morgan fingerprint density at radius 3 is 2.56 bits per heavy atom. The Labute approximate surface area is 215 Å². The smallest absolute Gasteiger partial charge is 0.266 e. The molecule has 0 unspecified atom stereocenters. The number of hydrogen-bond acceptors (Lipinski definition) is 5. The molecule has 1 fully saturated rings. The van der Waals surface area contributed by atoms with Crippen molar-refractivity contribution in [2.45, 2.75) is 58.3 Å². The van der Waals surface area contributed by atoms with E-state index in [0.29, 0.717) is 16.1 Å². The summed E-state index contributed by atoms with van der Waals surface area (Å²) in [4.78, 5) is 31.7. The van der Waals surface area contributed by atoms with E-state index >= 15 is 0 Å². The summed E-state index contributed by atoms with van der Waals surface area (Å²) < 4.78 is 9.64. The van der Waals surface area contributed by atoms with Gasteiger partial charge in [-0.3, -0.25) is 14.2 Å². The summed E-state index contributed by atoms with van der Waals surface area (Å²) in [5.74, 6) is 0.223. The summed E-state index contributed by atoms with van der Waals surface area (Å²) in [6, 6.07) is 15.4. The number of fused-ring (bicyclic) bond motifs is 1. The third-order valence-corrected chi connectivity index (χ3v) is 7.76. The van der Waals surface area contributed by atoms with Crippen molar-refractivity contribution in [2.75, 3.05) is 12.4 Å². The second-order valence-electron chi connectivity index (χ2n) is 9.64. The molecule has 2 aromatic carbocycles. The lowest BCUT2D eigenvalue weighted by molar-refractivity contribution is 0.0957. The van der Waals surface area contributed by atoms with Crippen LogP contribution in [0.1, 0.15) is 45.7 Å². The van der Waals surface area contributed by atoms with Gasteiger partial charge in [0.25, 0.3) is 5.56 Å². The quantitative estimate of drug-likeness (QED) is 0.188. The van der Waals surface area contributed by atoms with E-state index in [-0.39, 0.29) is 23.2 Å². The molecule has 2 aromatic heterocycles. The first-order valence-electron chi connectivity index (χ1n) is 12.4. The topological polar surface area (TPSA) is 66.1 Å². The maximum Gasteiger partial charge on any atom is 0.266 e. The number of benzene rings is 2. The van der Waals surface area contributed by atoms with Crippen LogP contribution in [0.4, 0.5) is 0 Å². The molecule has 1 saturated heterocycles. The predicted octanol–water partition coefficient (Wildman–Crippen LogP) is 5.57. The van der Waals surface area contributed by atoms with Gasteiger partial charge >= 0.3 is 0 Å². The fourth-order valence-corrected chi connectivity index (χ4v) is 5.98. The summed E-state index contributed by atoms with van der Waals surface area (Å²) in [5.41, 5.74) is 6.15. The molecule has 3 heterocycles. The molecule has 0 radical (unpaired) electrons. The first-order chi connectivity index (χ1) is 17.3. The molecule has 0 bridgehead atoms. The van der Waals surface area contributed by atoms with Gasteiger partial charge in [0.1, 0.15) is 0 Å². The van der Waals surface area contributed by atoms with Crippen molar-refractivity contribution in [1.82, 2.24) is 14.1 Å². The van der Waals surface area contributed by atoms with Crippen LogP contribution in [0.25, 0.3) is 16.6 Å². The number of thioether (sulfide) groups is 1. The maximum absolute atomic E-state index is 13.6. The molecule has 7 heteroatoms. The normalized spacial score (nSPS) is 15.6. The lowest BCUT2D eigenvalue weighted by Gasteiger charge is -2.15. The Bertz CT molecular complexity index is 1490. The van der Waals surface area contributed by atoms with Gasteiger partial charge in [0.2, 0.25) is 0 Å². The Morgan fingerprint density at radius 2 is 1.83 bits per heavy atom. The molecule has 0 aliphatic carbocycles. The number of rotatable bonds is 7. The molecule has 0 saturated carbocycles. The molecule has 0 amide bonds. The predicted molar refractivity (Wildman–Crippen MR) is 145 cm³/mol. The highest BCUT2D eigenvalue weighted by Gasteiger charge is 2.22. The van der Waals surface area contributed by atoms with Gasteiger partial charge in [-0.15, -0.1) is 0 Å². The third kappa shape index (κ3) is 4.77. The molecule has 4 aromatic rings. The molecule has 0 N–H and O–H groups in total. The molecule has 5 rings (SSSR count). The first-order valence-corrected chi connectivity index (χ1v) is 13.3. The minimum Gasteiger partial charge on any atom is -0.376 e. The highest BCUT2D eigenvalue weighted by atomic mass is 32.2. The highest BCUT2D eigenvalue weighted by molar-refractivity contribution is 7.99. The van der Waals surface area contributed by atoms with Crippen LogP contribution in [0.3, 0.4) is 0 Å². The SMILES string of the molecule is Cc1cc(C)cc(-n2c(SCC(=O)c3cc(C)n(C[C@H]4CCCO4)c3C)nc3ccccc3c2=O)c1. The molecule has 186 valence electrons. The van der Waals surface area contributed by atoms with E-state index in [0.717, 1.165) is 59.8 Å². The zero-order valence-electron chi connectivity index (χ0n) is 21.2. The molecule has 36 heavy (non-hydrogen) atoms. The van der Waals surface area contributed by atoms with Gasteiger partial charge < -0.3 is 9.30 Å². The number of para-hydroxylation sites is 1. The zero-order valence-corrected chi connectivity index (χ0v) is 22.0. The number of carbonyl (C=O) groups is 1. The van der Waals surface area contributed by atoms with E-state index in [4.69, 9.17) is 9.72 Å². The fourth-order valence-electron chi connectivity index (χ4n) is 5.08. The van der Waals surface area contributed by atoms with Gasteiger partial charge in [0.15, 0.2) is 10.9 Å². The van der Waals surface area contributed by atoms with Crippen LogP contribution < -0.4 is 5.56 Å². The van der Waals surface area contributed by atoms with E-state index in [9.17, 15) is 9.59 Å². The van der Waals surface area contributed by atoms with Crippen molar-refractivity contribution in [3.8, 4) is 5.69 Å². The number of aryl methyl sites for hydroxylation is 3.